The van der Waals surface area contributed by atoms with E-state index in [2.05, 4.69) is 4.98 Å². The number of hydrogen-bond donors (Lipinski definition) is 2. The van der Waals surface area contributed by atoms with E-state index in [0.29, 0.717) is 11.3 Å². The molecule has 0 aliphatic heterocycles. The summed E-state index contributed by atoms with van der Waals surface area (Å²) in [4.78, 5) is 14.0. The Morgan fingerprint density at radius 1 is 1.75 bits per heavy atom. The maximum atomic E-state index is 10.3. The van der Waals surface area contributed by atoms with Crippen LogP contribution in [0.3, 0.4) is 0 Å². The molecule has 1 heterocycles. The molecule has 1 aromatic rings. The quantitative estimate of drug-likeness (QED) is 0.674. The Kier molecular flexibility index (Phi) is 2.50. The number of carbonyl (C=O) groups is 1. The van der Waals surface area contributed by atoms with Crippen LogP contribution in [0.5, 0.6) is 0 Å². The van der Waals surface area contributed by atoms with Crippen LogP contribution >= 0.6 is 11.6 Å². The highest BCUT2D eigenvalue weighted by Gasteiger charge is 2.05. The molecule has 1 rings (SSSR count). The SMILES string of the molecule is Nc1cnc(Cl)cc1CC(=O)O. The summed E-state index contributed by atoms with van der Waals surface area (Å²) in [6, 6.07) is 1.45. The molecule has 0 unspecified atom stereocenters. The van der Waals surface area contributed by atoms with Gasteiger partial charge in [0.15, 0.2) is 0 Å². The minimum Gasteiger partial charge on any atom is -0.481 e. The first-order valence-corrected chi connectivity index (χ1v) is 3.59. The van der Waals surface area contributed by atoms with Crippen LogP contribution in [0.25, 0.3) is 0 Å². The van der Waals surface area contributed by atoms with Crippen molar-refractivity contribution in [2.45, 2.75) is 6.42 Å². The van der Waals surface area contributed by atoms with E-state index >= 15 is 0 Å². The molecule has 0 saturated heterocycles. The lowest BCUT2D eigenvalue weighted by molar-refractivity contribution is -0.136. The number of aromatic nitrogens is 1. The second kappa shape index (κ2) is 3.40. The normalized spacial score (nSPS) is 9.75. The number of carboxylic acids is 1. The van der Waals surface area contributed by atoms with Crippen molar-refractivity contribution in [2.24, 2.45) is 0 Å². The Labute approximate surface area is 74.0 Å². The zero-order valence-electron chi connectivity index (χ0n) is 6.12. The summed E-state index contributed by atoms with van der Waals surface area (Å²) in [7, 11) is 0. The second-order valence-electron chi connectivity index (χ2n) is 2.28. The lowest BCUT2D eigenvalue weighted by Gasteiger charge is -2.01. The maximum absolute atomic E-state index is 10.3. The van der Waals surface area contributed by atoms with Gasteiger partial charge in [0.05, 0.1) is 18.3 Å². The topological polar surface area (TPSA) is 76.2 Å². The second-order valence-corrected chi connectivity index (χ2v) is 2.66. The summed E-state index contributed by atoms with van der Waals surface area (Å²) >= 11 is 5.54. The molecule has 3 N–H and O–H groups in total. The summed E-state index contributed by atoms with van der Waals surface area (Å²) in [5.41, 5.74) is 6.29. The molecule has 1 aromatic heterocycles. The van der Waals surface area contributed by atoms with Gasteiger partial charge >= 0.3 is 5.97 Å². The van der Waals surface area contributed by atoms with Crippen LogP contribution < -0.4 is 5.73 Å². The molecule has 0 amide bonds. The van der Waals surface area contributed by atoms with Crippen LogP contribution in [0.15, 0.2) is 12.3 Å². The first-order chi connectivity index (χ1) is 5.59. The Morgan fingerprint density at radius 3 is 3.00 bits per heavy atom. The smallest absolute Gasteiger partial charge is 0.307 e. The van der Waals surface area contributed by atoms with Crippen molar-refractivity contribution in [3.63, 3.8) is 0 Å². The minimum absolute atomic E-state index is 0.131. The molecular formula is C7H7ClN2O2. The molecular weight excluding hydrogens is 180 g/mol. The van der Waals surface area contributed by atoms with Gasteiger partial charge in [0, 0.05) is 0 Å². The molecule has 4 nitrogen and oxygen atoms in total. The lowest BCUT2D eigenvalue weighted by Crippen LogP contribution is -2.03. The number of halogens is 1. The number of rotatable bonds is 2. The van der Waals surface area contributed by atoms with Crippen LogP contribution in [-0.2, 0) is 11.2 Å². The summed E-state index contributed by atoms with van der Waals surface area (Å²) in [6.45, 7) is 0. The van der Waals surface area contributed by atoms with E-state index < -0.39 is 5.97 Å². The summed E-state index contributed by atoms with van der Waals surface area (Å²) in [5.74, 6) is -0.941. The zero-order chi connectivity index (χ0) is 9.14. The van der Waals surface area contributed by atoms with E-state index in [1.54, 1.807) is 0 Å². The predicted octanol–water partition coefficient (Wildman–Crippen LogP) is 0.944. The molecule has 0 radical (unpaired) electrons. The minimum atomic E-state index is -0.941. The van der Waals surface area contributed by atoms with Crippen molar-refractivity contribution < 1.29 is 9.90 Å². The van der Waals surface area contributed by atoms with E-state index in [1.807, 2.05) is 0 Å². The van der Waals surface area contributed by atoms with Crippen molar-refractivity contribution in [2.75, 3.05) is 5.73 Å². The van der Waals surface area contributed by atoms with Crippen LogP contribution in [-0.4, -0.2) is 16.1 Å². The molecule has 0 atom stereocenters. The number of nitrogens with zero attached hydrogens (tertiary/aromatic N) is 1. The van der Waals surface area contributed by atoms with Gasteiger partial charge in [-0.3, -0.25) is 4.79 Å². The van der Waals surface area contributed by atoms with Gasteiger partial charge in [-0.2, -0.15) is 0 Å². The third-order valence-corrected chi connectivity index (χ3v) is 1.54. The van der Waals surface area contributed by atoms with Crippen molar-refractivity contribution in [1.29, 1.82) is 0 Å². The third-order valence-electron chi connectivity index (χ3n) is 1.33. The van der Waals surface area contributed by atoms with Crippen molar-refractivity contribution in [3.8, 4) is 0 Å². The molecule has 0 bridgehead atoms. The number of nitrogen functional groups attached to an aromatic ring is 1. The molecule has 0 fully saturated rings. The fourth-order valence-electron chi connectivity index (χ4n) is 0.795. The highest BCUT2D eigenvalue weighted by molar-refractivity contribution is 6.29. The predicted molar refractivity (Wildman–Crippen MR) is 45.0 cm³/mol. The maximum Gasteiger partial charge on any atom is 0.307 e. The van der Waals surface area contributed by atoms with Gasteiger partial charge in [0.1, 0.15) is 5.15 Å². The van der Waals surface area contributed by atoms with Crippen molar-refractivity contribution >= 4 is 23.3 Å². The van der Waals surface area contributed by atoms with Gasteiger partial charge in [-0.1, -0.05) is 11.6 Å². The van der Waals surface area contributed by atoms with Gasteiger partial charge in [-0.15, -0.1) is 0 Å². The Morgan fingerprint density at radius 2 is 2.42 bits per heavy atom. The third kappa shape index (κ3) is 2.10. The number of anilines is 1. The van der Waals surface area contributed by atoms with Gasteiger partial charge in [0.25, 0.3) is 0 Å². The summed E-state index contributed by atoms with van der Waals surface area (Å²) in [6.07, 6.45) is 1.22. The van der Waals surface area contributed by atoms with Gasteiger partial charge in [0.2, 0.25) is 0 Å². The average molecular weight is 187 g/mol. The molecule has 64 valence electrons. The monoisotopic (exact) mass is 186 g/mol. The van der Waals surface area contributed by atoms with Crippen molar-refractivity contribution in [3.05, 3.63) is 23.0 Å². The Balaban J connectivity index is 2.97. The summed E-state index contributed by atoms with van der Waals surface area (Å²) < 4.78 is 0. The number of aliphatic carboxylic acids is 1. The standard InChI is InChI=1S/C7H7ClN2O2/c8-6-1-4(2-7(11)12)5(9)3-10-6/h1,3H,2,9H2,(H,11,12). The number of nitrogens with two attached hydrogens (primary N) is 1. The highest BCUT2D eigenvalue weighted by atomic mass is 35.5. The van der Waals surface area contributed by atoms with Crippen molar-refractivity contribution in [1.82, 2.24) is 4.98 Å². The fraction of sp³-hybridized carbons (Fsp3) is 0.143. The molecule has 12 heavy (non-hydrogen) atoms. The molecule has 0 spiro atoms. The van der Waals surface area contributed by atoms with Gasteiger partial charge < -0.3 is 10.8 Å². The van der Waals surface area contributed by atoms with E-state index in [0.717, 1.165) is 0 Å². The molecule has 0 aliphatic carbocycles. The molecule has 0 saturated carbocycles. The van der Waals surface area contributed by atoms with Gasteiger partial charge in [-0.25, -0.2) is 4.98 Å². The lowest BCUT2D eigenvalue weighted by atomic mass is 10.2. The van der Waals surface area contributed by atoms with Crippen LogP contribution in [0, 0.1) is 0 Å². The van der Waals surface area contributed by atoms with E-state index in [9.17, 15) is 4.79 Å². The average Bonchev–Trinajstić information content (AvgIpc) is 1.96. The largest absolute Gasteiger partial charge is 0.481 e. The van der Waals surface area contributed by atoms with E-state index in [4.69, 9.17) is 22.4 Å². The van der Waals surface area contributed by atoms with Crippen LogP contribution in [0.2, 0.25) is 5.15 Å². The first-order valence-electron chi connectivity index (χ1n) is 3.21. The van der Waals surface area contributed by atoms with Gasteiger partial charge in [-0.05, 0) is 11.6 Å². The summed E-state index contributed by atoms with van der Waals surface area (Å²) in [5, 5.41) is 8.71. The van der Waals surface area contributed by atoms with Crippen LogP contribution in [0.4, 0.5) is 5.69 Å². The van der Waals surface area contributed by atoms with E-state index in [-0.39, 0.29) is 11.6 Å². The number of hydrogen-bond acceptors (Lipinski definition) is 3. The molecule has 0 aliphatic rings. The highest BCUT2D eigenvalue weighted by Crippen LogP contribution is 2.15. The molecule has 5 heteroatoms. The van der Waals surface area contributed by atoms with E-state index in [1.165, 1.54) is 12.3 Å². The Hall–Kier alpha value is -1.29. The first kappa shape index (κ1) is 8.80. The number of carboxylic acid groups (broad SMARTS) is 1. The number of pyridine rings is 1. The Bertz CT molecular complexity index is 314. The zero-order valence-corrected chi connectivity index (χ0v) is 6.88. The fourth-order valence-corrected chi connectivity index (χ4v) is 0.975. The molecule has 0 aromatic carbocycles. The van der Waals surface area contributed by atoms with Crippen LogP contribution in [0.1, 0.15) is 5.56 Å².